The first kappa shape index (κ1) is 13.1. The SMILES string of the molecule is CC1CCCC(NC(=O)C2=NNC(=O)CC2)C1C. The molecule has 5 nitrogen and oxygen atoms in total. The summed E-state index contributed by atoms with van der Waals surface area (Å²) in [5.74, 6) is 0.908. The third-order valence-corrected chi connectivity index (χ3v) is 4.19. The van der Waals surface area contributed by atoms with E-state index in [0.29, 0.717) is 30.4 Å². The lowest BCUT2D eigenvalue weighted by Gasteiger charge is -2.34. The highest BCUT2D eigenvalue weighted by atomic mass is 16.2. The van der Waals surface area contributed by atoms with Gasteiger partial charge in [-0.05, 0) is 18.3 Å². The molecule has 0 aromatic carbocycles. The van der Waals surface area contributed by atoms with Crippen molar-refractivity contribution in [1.82, 2.24) is 10.7 Å². The fourth-order valence-electron chi connectivity index (χ4n) is 2.68. The van der Waals surface area contributed by atoms with Crippen LogP contribution < -0.4 is 10.7 Å². The van der Waals surface area contributed by atoms with E-state index < -0.39 is 0 Å². The van der Waals surface area contributed by atoms with Crippen molar-refractivity contribution in [3.63, 3.8) is 0 Å². The van der Waals surface area contributed by atoms with E-state index in [4.69, 9.17) is 0 Å². The number of carbonyl (C=O) groups excluding carboxylic acids is 2. The molecule has 0 radical (unpaired) electrons. The Labute approximate surface area is 107 Å². The van der Waals surface area contributed by atoms with Crippen LogP contribution in [-0.2, 0) is 9.59 Å². The molecule has 2 N–H and O–H groups in total. The van der Waals surface area contributed by atoms with Crippen molar-refractivity contribution in [1.29, 1.82) is 0 Å². The van der Waals surface area contributed by atoms with Gasteiger partial charge in [0.2, 0.25) is 5.91 Å². The molecule has 1 fully saturated rings. The number of carbonyl (C=O) groups is 2. The van der Waals surface area contributed by atoms with Crippen LogP contribution >= 0.6 is 0 Å². The maximum Gasteiger partial charge on any atom is 0.267 e. The Balaban J connectivity index is 1.93. The molecule has 0 bridgehead atoms. The van der Waals surface area contributed by atoms with Gasteiger partial charge in [0, 0.05) is 18.9 Å². The van der Waals surface area contributed by atoms with E-state index in [1.54, 1.807) is 0 Å². The molecule has 1 saturated carbocycles. The maximum absolute atomic E-state index is 12.0. The number of nitrogens with zero attached hydrogens (tertiary/aromatic N) is 1. The standard InChI is InChI=1S/C13H21N3O2/c1-8-4-3-5-10(9(8)2)14-13(18)11-6-7-12(17)16-15-11/h8-10H,3-7H2,1-2H3,(H,14,18)(H,16,17). The van der Waals surface area contributed by atoms with Gasteiger partial charge in [0.25, 0.3) is 5.91 Å². The lowest BCUT2D eigenvalue weighted by molar-refractivity contribution is -0.121. The lowest BCUT2D eigenvalue weighted by Crippen LogP contribution is -2.47. The van der Waals surface area contributed by atoms with Crippen molar-refractivity contribution in [3.8, 4) is 0 Å². The summed E-state index contributed by atoms with van der Waals surface area (Å²) in [7, 11) is 0. The fourth-order valence-corrected chi connectivity index (χ4v) is 2.68. The van der Waals surface area contributed by atoms with E-state index in [-0.39, 0.29) is 17.9 Å². The number of hydrogen-bond acceptors (Lipinski definition) is 3. The minimum Gasteiger partial charge on any atom is -0.348 e. The number of hydrogen-bond donors (Lipinski definition) is 2. The molecule has 0 spiro atoms. The monoisotopic (exact) mass is 251 g/mol. The zero-order valence-electron chi connectivity index (χ0n) is 11.0. The van der Waals surface area contributed by atoms with Gasteiger partial charge in [0.1, 0.15) is 5.71 Å². The first-order valence-electron chi connectivity index (χ1n) is 6.74. The molecule has 3 unspecified atom stereocenters. The lowest BCUT2D eigenvalue weighted by atomic mass is 9.78. The van der Waals surface area contributed by atoms with Gasteiger partial charge in [0.15, 0.2) is 0 Å². The molecule has 1 heterocycles. The van der Waals surface area contributed by atoms with Crippen LogP contribution in [0.25, 0.3) is 0 Å². The number of amides is 2. The first-order chi connectivity index (χ1) is 8.58. The summed E-state index contributed by atoms with van der Waals surface area (Å²) in [6.07, 6.45) is 4.23. The van der Waals surface area contributed by atoms with E-state index in [1.165, 1.54) is 12.8 Å². The largest absolute Gasteiger partial charge is 0.348 e. The van der Waals surface area contributed by atoms with E-state index in [9.17, 15) is 9.59 Å². The molecule has 1 aliphatic carbocycles. The van der Waals surface area contributed by atoms with Crippen LogP contribution in [-0.4, -0.2) is 23.6 Å². The fraction of sp³-hybridized carbons (Fsp3) is 0.769. The van der Waals surface area contributed by atoms with Crippen LogP contribution in [0.3, 0.4) is 0 Å². The quantitative estimate of drug-likeness (QED) is 0.774. The highest BCUT2D eigenvalue weighted by Gasteiger charge is 2.29. The van der Waals surface area contributed by atoms with Crippen LogP contribution in [0.4, 0.5) is 0 Å². The van der Waals surface area contributed by atoms with E-state index in [1.807, 2.05) is 0 Å². The number of nitrogens with one attached hydrogen (secondary N) is 2. The summed E-state index contributed by atoms with van der Waals surface area (Å²) < 4.78 is 0. The normalized spacial score (nSPS) is 32.4. The summed E-state index contributed by atoms with van der Waals surface area (Å²) in [5, 5.41) is 6.89. The third kappa shape index (κ3) is 2.89. The molecule has 5 heteroatoms. The van der Waals surface area contributed by atoms with Crippen LogP contribution in [0.2, 0.25) is 0 Å². The molecular weight excluding hydrogens is 230 g/mol. The molecule has 18 heavy (non-hydrogen) atoms. The predicted molar refractivity (Wildman–Crippen MR) is 68.9 cm³/mol. The highest BCUT2D eigenvalue weighted by Crippen LogP contribution is 2.29. The highest BCUT2D eigenvalue weighted by molar-refractivity contribution is 6.39. The topological polar surface area (TPSA) is 70.6 Å². The summed E-state index contributed by atoms with van der Waals surface area (Å²) in [6, 6.07) is 0.238. The molecule has 100 valence electrons. The van der Waals surface area contributed by atoms with Gasteiger partial charge in [-0.25, -0.2) is 5.43 Å². The van der Waals surface area contributed by atoms with E-state index in [0.717, 1.165) is 6.42 Å². The minimum atomic E-state index is -0.124. The van der Waals surface area contributed by atoms with Gasteiger partial charge in [-0.1, -0.05) is 26.7 Å². The Bertz CT molecular complexity index is 378. The van der Waals surface area contributed by atoms with Gasteiger partial charge < -0.3 is 5.32 Å². The Hall–Kier alpha value is -1.39. The van der Waals surface area contributed by atoms with Crippen molar-refractivity contribution < 1.29 is 9.59 Å². The zero-order chi connectivity index (χ0) is 13.1. The Morgan fingerprint density at radius 2 is 2.11 bits per heavy atom. The van der Waals surface area contributed by atoms with Gasteiger partial charge in [-0.15, -0.1) is 0 Å². The van der Waals surface area contributed by atoms with Crippen LogP contribution in [0.15, 0.2) is 5.10 Å². The molecule has 3 atom stereocenters. The number of hydrazone groups is 1. The summed E-state index contributed by atoms with van der Waals surface area (Å²) in [5.41, 5.74) is 2.80. The second-order valence-electron chi connectivity index (χ2n) is 5.44. The van der Waals surface area contributed by atoms with Crippen molar-refractivity contribution in [2.75, 3.05) is 0 Å². The Morgan fingerprint density at radius 1 is 1.33 bits per heavy atom. The smallest absolute Gasteiger partial charge is 0.267 e. The third-order valence-electron chi connectivity index (χ3n) is 4.19. The molecule has 2 rings (SSSR count). The van der Waals surface area contributed by atoms with Crippen LogP contribution in [0.5, 0.6) is 0 Å². The molecule has 0 aromatic heterocycles. The zero-order valence-corrected chi connectivity index (χ0v) is 11.0. The van der Waals surface area contributed by atoms with Crippen molar-refractivity contribution in [2.24, 2.45) is 16.9 Å². The predicted octanol–water partition coefficient (Wildman–Crippen LogP) is 1.19. The molecule has 0 saturated heterocycles. The maximum atomic E-state index is 12.0. The Morgan fingerprint density at radius 3 is 2.78 bits per heavy atom. The molecule has 0 aromatic rings. The molecular formula is C13H21N3O2. The average Bonchev–Trinajstić information content (AvgIpc) is 2.36. The Kier molecular flexibility index (Phi) is 3.99. The van der Waals surface area contributed by atoms with E-state index >= 15 is 0 Å². The molecule has 2 aliphatic rings. The second-order valence-corrected chi connectivity index (χ2v) is 5.44. The summed E-state index contributed by atoms with van der Waals surface area (Å²) >= 11 is 0. The van der Waals surface area contributed by atoms with Gasteiger partial charge in [-0.2, -0.15) is 5.10 Å². The average molecular weight is 251 g/mol. The van der Waals surface area contributed by atoms with Crippen LogP contribution in [0, 0.1) is 11.8 Å². The van der Waals surface area contributed by atoms with Gasteiger partial charge in [-0.3, -0.25) is 9.59 Å². The van der Waals surface area contributed by atoms with E-state index in [2.05, 4.69) is 29.7 Å². The first-order valence-corrected chi connectivity index (χ1v) is 6.74. The number of rotatable bonds is 2. The molecule has 2 amide bonds. The van der Waals surface area contributed by atoms with Crippen molar-refractivity contribution >= 4 is 17.5 Å². The van der Waals surface area contributed by atoms with Gasteiger partial charge in [0.05, 0.1) is 0 Å². The van der Waals surface area contributed by atoms with Crippen molar-refractivity contribution in [3.05, 3.63) is 0 Å². The summed E-state index contributed by atoms with van der Waals surface area (Å²) in [6.45, 7) is 4.43. The van der Waals surface area contributed by atoms with Crippen LogP contribution in [0.1, 0.15) is 46.0 Å². The molecule has 1 aliphatic heterocycles. The van der Waals surface area contributed by atoms with Crippen molar-refractivity contribution in [2.45, 2.75) is 52.0 Å². The summed E-state index contributed by atoms with van der Waals surface area (Å²) in [4.78, 5) is 23.0. The van der Waals surface area contributed by atoms with Gasteiger partial charge >= 0.3 is 0 Å². The second kappa shape index (κ2) is 5.50. The minimum absolute atomic E-state index is 0.119.